The van der Waals surface area contributed by atoms with E-state index >= 15 is 0 Å². The molecule has 0 atom stereocenters. The van der Waals surface area contributed by atoms with Crippen LogP contribution in [-0.4, -0.2) is 32.1 Å². The Morgan fingerprint density at radius 2 is 2.05 bits per heavy atom. The predicted molar refractivity (Wildman–Crippen MR) is 87.5 cm³/mol. The van der Waals surface area contributed by atoms with Crippen LogP contribution in [0.4, 0.5) is 11.4 Å². The maximum absolute atomic E-state index is 12.4. The van der Waals surface area contributed by atoms with Gasteiger partial charge in [-0.2, -0.15) is 8.42 Å². The molecule has 1 N–H and O–H groups in total. The summed E-state index contributed by atoms with van der Waals surface area (Å²) in [5.74, 6) is 0. The van der Waals surface area contributed by atoms with Crippen molar-refractivity contribution < 1.29 is 8.42 Å². The van der Waals surface area contributed by atoms with E-state index in [1.807, 2.05) is 31.1 Å². The summed E-state index contributed by atoms with van der Waals surface area (Å²) in [5, 5.41) is -0.139. The van der Waals surface area contributed by atoms with Gasteiger partial charge < -0.3 is 9.47 Å². The number of halogens is 2. The predicted octanol–water partition coefficient (Wildman–Crippen LogP) is 2.70. The summed E-state index contributed by atoms with van der Waals surface area (Å²) in [7, 11) is 1.42. The molecule has 0 bridgehead atoms. The van der Waals surface area contributed by atoms with E-state index in [0.717, 1.165) is 10.2 Å². The number of benzene rings is 1. The van der Waals surface area contributed by atoms with Crippen LogP contribution in [-0.2, 0) is 17.1 Å². The van der Waals surface area contributed by atoms with Crippen LogP contribution in [0.1, 0.15) is 0 Å². The van der Waals surface area contributed by atoms with Crippen LogP contribution >= 0.6 is 27.5 Å². The summed E-state index contributed by atoms with van der Waals surface area (Å²) < 4.78 is 29.5. The van der Waals surface area contributed by atoms with Gasteiger partial charge in [0.1, 0.15) is 5.15 Å². The lowest BCUT2D eigenvalue weighted by atomic mass is 10.2. The molecule has 9 heteroatoms. The molecule has 6 nitrogen and oxygen atoms in total. The minimum atomic E-state index is -3.86. The molecule has 114 valence electrons. The van der Waals surface area contributed by atoms with E-state index < -0.39 is 10.0 Å². The number of hydrogen-bond donors (Lipinski definition) is 1. The molecule has 1 aromatic heterocycles. The number of imidazole rings is 1. The molecule has 0 fully saturated rings. The van der Waals surface area contributed by atoms with Crippen molar-refractivity contribution in [2.75, 3.05) is 23.7 Å². The highest BCUT2D eigenvalue weighted by Crippen LogP contribution is 2.30. The fourth-order valence-electron chi connectivity index (χ4n) is 1.75. The maximum atomic E-state index is 12.4. The SMILES string of the molecule is CN(C)c1ccc(Br)cc1NS(=O)(=O)c1ncn(C)c1Cl. The maximum Gasteiger partial charge on any atom is 0.282 e. The molecular weight excluding hydrogens is 380 g/mol. The standard InChI is InChI=1S/C12H14BrClN4O2S/c1-17(2)10-5-4-8(13)6-9(10)16-21(19,20)12-11(14)18(3)7-15-12/h4-7,16H,1-3H3. The Bertz CT molecular complexity index is 774. The van der Waals surface area contributed by atoms with E-state index in [1.165, 1.54) is 10.9 Å². The van der Waals surface area contributed by atoms with Gasteiger partial charge in [0.15, 0.2) is 0 Å². The first-order valence-electron chi connectivity index (χ1n) is 5.89. The van der Waals surface area contributed by atoms with Crippen molar-refractivity contribution in [2.24, 2.45) is 7.05 Å². The quantitative estimate of drug-likeness (QED) is 0.867. The molecule has 2 aromatic rings. The Labute approximate surface area is 136 Å². The third-order valence-corrected chi connectivity index (χ3v) is 5.12. The molecule has 1 aromatic carbocycles. The molecule has 0 unspecified atom stereocenters. The van der Waals surface area contributed by atoms with Gasteiger partial charge in [-0.1, -0.05) is 27.5 Å². The molecule has 21 heavy (non-hydrogen) atoms. The molecular formula is C12H14BrClN4O2S. The van der Waals surface area contributed by atoms with Gasteiger partial charge in [0, 0.05) is 25.6 Å². The van der Waals surface area contributed by atoms with Gasteiger partial charge in [-0.05, 0) is 18.2 Å². The number of nitrogens with zero attached hydrogens (tertiary/aromatic N) is 3. The Hall–Kier alpha value is -1.25. The lowest BCUT2D eigenvalue weighted by Crippen LogP contribution is -2.18. The summed E-state index contributed by atoms with van der Waals surface area (Å²) in [4.78, 5) is 5.65. The van der Waals surface area contributed by atoms with E-state index in [2.05, 4.69) is 25.6 Å². The molecule has 0 aliphatic carbocycles. The van der Waals surface area contributed by atoms with Gasteiger partial charge in [-0.3, -0.25) is 4.72 Å². The summed E-state index contributed by atoms with van der Waals surface area (Å²) in [5.41, 5.74) is 1.17. The van der Waals surface area contributed by atoms with Gasteiger partial charge in [-0.25, -0.2) is 4.98 Å². The first-order chi connectivity index (χ1) is 9.72. The van der Waals surface area contributed by atoms with Gasteiger partial charge in [0.05, 0.1) is 17.7 Å². The van der Waals surface area contributed by atoms with Crippen molar-refractivity contribution in [3.05, 3.63) is 34.2 Å². The number of aromatic nitrogens is 2. The molecule has 0 aliphatic heterocycles. The van der Waals surface area contributed by atoms with Gasteiger partial charge in [0.25, 0.3) is 10.0 Å². The van der Waals surface area contributed by atoms with Crippen molar-refractivity contribution in [3.8, 4) is 0 Å². The normalized spacial score (nSPS) is 11.5. The lowest BCUT2D eigenvalue weighted by Gasteiger charge is -2.18. The Morgan fingerprint density at radius 1 is 1.38 bits per heavy atom. The van der Waals surface area contributed by atoms with Crippen molar-refractivity contribution in [3.63, 3.8) is 0 Å². The summed E-state index contributed by atoms with van der Waals surface area (Å²) in [6.07, 6.45) is 1.35. The molecule has 0 spiro atoms. The zero-order chi connectivity index (χ0) is 15.8. The van der Waals surface area contributed by atoms with Crippen molar-refractivity contribution in [1.82, 2.24) is 9.55 Å². The summed E-state index contributed by atoms with van der Waals surface area (Å²) in [6.45, 7) is 0. The zero-order valence-corrected chi connectivity index (χ0v) is 14.8. The van der Waals surface area contributed by atoms with E-state index in [0.29, 0.717) is 5.69 Å². The number of aryl methyl sites for hydroxylation is 1. The zero-order valence-electron chi connectivity index (χ0n) is 11.6. The minimum Gasteiger partial charge on any atom is -0.376 e. The van der Waals surface area contributed by atoms with E-state index in [9.17, 15) is 8.42 Å². The van der Waals surface area contributed by atoms with Gasteiger partial charge in [0.2, 0.25) is 5.03 Å². The van der Waals surface area contributed by atoms with E-state index in [4.69, 9.17) is 11.6 Å². The number of rotatable bonds is 4. The van der Waals surface area contributed by atoms with Crippen LogP contribution in [0.25, 0.3) is 0 Å². The van der Waals surface area contributed by atoms with Crippen molar-refractivity contribution >= 4 is 48.9 Å². The lowest BCUT2D eigenvalue weighted by molar-refractivity contribution is 0.598. The average molecular weight is 394 g/mol. The van der Waals surface area contributed by atoms with E-state index in [-0.39, 0.29) is 10.2 Å². The van der Waals surface area contributed by atoms with Gasteiger partial charge >= 0.3 is 0 Å². The van der Waals surface area contributed by atoms with E-state index in [1.54, 1.807) is 13.1 Å². The molecule has 0 radical (unpaired) electrons. The van der Waals surface area contributed by atoms with Crippen molar-refractivity contribution in [1.29, 1.82) is 0 Å². The highest BCUT2D eigenvalue weighted by molar-refractivity contribution is 9.10. The highest BCUT2D eigenvalue weighted by Gasteiger charge is 2.23. The van der Waals surface area contributed by atoms with Crippen LogP contribution < -0.4 is 9.62 Å². The van der Waals surface area contributed by atoms with Gasteiger partial charge in [-0.15, -0.1) is 0 Å². The number of hydrogen-bond acceptors (Lipinski definition) is 4. The number of sulfonamides is 1. The third kappa shape index (κ3) is 3.33. The van der Waals surface area contributed by atoms with Crippen LogP contribution in [0.2, 0.25) is 5.15 Å². The number of nitrogens with one attached hydrogen (secondary N) is 1. The van der Waals surface area contributed by atoms with Crippen LogP contribution in [0, 0.1) is 0 Å². The molecule has 0 saturated heterocycles. The first-order valence-corrected chi connectivity index (χ1v) is 8.54. The van der Waals surface area contributed by atoms with Crippen molar-refractivity contribution in [2.45, 2.75) is 5.03 Å². The molecule has 0 amide bonds. The monoisotopic (exact) mass is 392 g/mol. The first kappa shape index (κ1) is 16.1. The number of anilines is 2. The molecule has 0 saturated carbocycles. The summed E-state index contributed by atoms with van der Waals surface area (Å²) >= 11 is 9.28. The second-order valence-electron chi connectivity index (χ2n) is 4.61. The van der Waals surface area contributed by atoms with Crippen LogP contribution in [0.3, 0.4) is 0 Å². The largest absolute Gasteiger partial charge is 0.376 e. The Balaban J connectivity index is 2.46. The van der Waals surface area contributed by atoms with Crippen LogP contribution in [0.15, 0.2) is 34.0 Å². The third-order valence-electron chi connectivity index (χ3n) is 2.77. The highest BCUT2D eigenvalue weighted by atomic mass is 79.9. The average Bonchev–Trinajstić information content (AvgIpc) is 2.69. The fourth-order valence-corrected chi connectivity index (χ4v) is 3.61. The molecule has 2 rings (SSSR count). The Kier molecular flexibility index (Phi) is 4.50. The smallest absolute Gasteiger partial charge is 0.282 e. The molecule has 0 aliphatic rings. The second kappa shape index (κ2) is 5.86. The van der Waals surface area contributed by atoms with Crippen LogP contribution in [0.5, 0.6) is 0 Å². The molecule has 1 heterocycles. The minimum absolute atomic E-state index is 0.0592. The fraction of sp³-hybridized carbons (Fsp3) is 0.250. The Morgan fingerprint density at radius 3 is 2.57 bits per heavy atom. The second-order valence-corrected chi connectivity index (χ2v) is 7.48. The summed E-state index contributed by atoms with van der Waals surface area (Å²) in [6, 6.07) is 5.33. The topological polar surface area (TPSA) is 67.2 Å².